The molecule has 0 saturated heterocycles. The predicted octanol–water partition coefficient (Wildman–Crippen LogP) is 1.83. The number of amides is 1. The minimum atomic E-state index is -0.435. The Morgan fingerprint density at radius 1 is 1.29 bits per heavy atom. The van der Waals surface area contributed by atoms with Crippen molar-refractivity contribution >= 4 is 17.7 Å². The lowest BCUT2D eigenvalue weighted by atomic mass is 9.87. The zero-order chi connectivity index (χ0) is 17.9. The van der Waals surface area contributed by atoms with Crippen LogP contribution in [-0.4, -0.2) is 26.0 Å². The Hall–Kier alpha value is -2.22. The molecule has 1 aromatic carbocycles. The fourth-order valence-corrected chi connectivity index (χ4v) is 2.64. The molecule has 7 nitrogen and oxygen atoms in total. The highest BCUT2D eigenvalue weighted by atomic mass is 32.2. The average molecular weight is 349 g/mol. The van der Waals surface area contributed by atoms with Gasteiger partial charge >= 0.3 is 0 Å². The molecule has 0 aliphatic carbocycles. The molecule has 24 heavy (non-hydrogen) atoms. The summed E-state index contributed by atoms with van der Waals surface area (Å²) in [5, 5.41) is 7.93. The summed E-state index contributed by atoms with van der Waals surface area (Å²) in [6, 6.07) is 7.92. The molecule has 130 valence electrons. The van der Waals surface area contributed by atoms with Gasteiger partial charge in [-0.2, -0.15) is 0 Å². The summed E-state index contributed by atoms with van der Waals surface area (Å²) in [5.74, 6) is 6.70. The van der Waals surface area contributed by atoms with Crippen LogP contribution in [0.1, 0.15) is 39.1 Å². The van der Waals surface area contributed by atoms with Crippen LogP contribution >= 0.6 is 11.8 Å². The van der Waals surface area contributed by atoms with E-state index in [-0.39, 0.29) is 12.0 Å². The zero-order valence-electron chi connectivity index (χ0n) is 14.3. The number of thioether (sulfide) groups is 1. The molecule has 8 heteroatoms. The number of nitrogens with zero attached hydrogens (tertiary/aromatic N) is 3. The van der Waals surface area contributed by atoms with Gasteiger partial charge in [0.1, 0.15) is 12.4 Å². The van der Waals surface area contributed by atoms with Crippen LogP contribution in [-0.2, 0) is 16.8 Å². The smallest absolute Gasteiger partial charge is 0.230 e. The second-order valence-electron chi connectivity index (χ2n) is 6.49. The minimum absolute atomic E-state index is 0.0964. The topological polar surface area (TPSA) is 109 Å². The van der Waals surface area contributed by atoms with Gasteiger partial charge in [0.05, 0.1) is 5.25 Å². The lowest BCUT2D eigenvalue weighted by Crippen LogP contribution is -2.24. The van der Waals surface area contributed by atoms with Gasteiger partial charge in [-0.1, -0.05) is 44.7 Å². The van der Waals surface area contributed by atoms with E-state index >= 15 is 0 Å². The Morgan fingerprint density at radius 3 is 2.46 bits per heavy atom. The fourth-order valence-electron chi connectivity index (χ4n) is 1.90. The second-order valence-corrected chi connectivity index (χ2v) is 7.80. The average Bonchev–Trinajstić information content (AvgIpc) is 2.85. The number of carbonyl (C=O) groups is 1. The van der Waals surface area contributed by atoms with Crippen molar-refractivity contribution in [3.05, 3.63) is 35.7 Å². The van der Waals surface area contributed by atoms with Gasteiger partial charge in [0.25, 0.3) is 0 Å². The second kappa shape index (κ2) is 7.12. The highest BCUT2D eigenvalue weighted by Gasteiger charge is 2.17. The van der Waals surface area contributed by atoms with Crippen LogP contribution in [0.4, 0.5) is 0 Å². The van der Waals surface area contributed by atoms with Crippen LogP contribution < -0.4 is 16.3 Å². The van der Waals surface area contributed by atoms with Gasteiger partial charge in [-0.3, -0.25) is 4.79 Å². The van der Waals surface area contributed by atoms with Crippen molar-refractivity contribution in [2.24, 2.45) is 5.73 Å². The number of benzene rings is 1. The first-order chi connectivity index (χ1) is 11.2. The van der Waals surface area contributed by atoms with Crippen molar-refractivity contribution in [3.63, 3.8) is 0 Å². The maximum Gasteiger partial charge on any atom is 0.230 e. The molecule has 2 rings (SSSR count). The molecule has 4 N–H and O–H groups in total. The third-order valence-corrected chi connectivity index (χ3v) is 4.58. The minimum Gasteiger partial charge on any atom is -0.486 e. The standard InChI is InChI=1S/C16H23N5O2S/c1-10(14(17)22)24-15-20-19-13(21(15)18)9-23-12-7-5-11(6-8-12)16(2,3)4/h5-8,10H,9,18H2,1-4H3,(H2,17,22)/t10-/m1/s1. The highest BCUT2D eigenvalue weighted by Crippen LogP contribution is 2.25. The molecular formula is C16H23N5O2S. The number of carbonyl (C=O) groups excluding carboxylic acids is 1. The Balaban J connectivity index is 2.00. The van der Waals surface area contributed by atoms with E-state index < -0.39 is 11.2 Å². The van der Waals surface area contributed by atoms with E-state index in [0.29, 0.717) is 11.0 Å². The molecule has 2 aromatic rings. The molecule has 0 saturated carbocycles. The molecule has 1 aromatic heterocycles. The summed E-state index contributed by atoms with van der Waals surface area (Å²) in [5.41, 5.74) is 6.56. The predicted molar refractivity (Wildman–Crippen MR) is 94.2 cm³/mol. The first-order valence-corrected chi connectivity index (χ1v) is 8.45. The fraction of sp³-hybridized carbons (Fsp3) is 0.438. The summed E-state index contributed by atoms with van der Waals surface area (Å²) in [7, 11) is 0. The van der Waals surface area contributed by atoms with E-state index in [2.05, 4.69) is 31.0 Å². The Kier molecular flexibility index (Phi) is 5.38. The number of aromatic nitrogens is 3. The summed E-state index contributed by atoms with van der Waals surface area (Å²) in [4.78, 5) is 11.1. The molecular weight excluding hydrogens is 326 g/mol. The van der Waals surface area contributed by atoms with Crippen molar-refractivity contribution < 1.29 is 9.53 Å². The number of rotatable bonds is 6. The molecule has 0 aliphatic rings. The summed E-state index contributed by atoms with van der Waals surface area (Å²) in [6.07, 6.45) is 0. The maximum atomic E-state index is 11.1. The van der Waals surface area contributed by atoms with Gasteiger partial charge in [-0.25, -0.2) is 4.68 Å². The van der Waals surface area contributed by atoms with Crippen molar-refractivity contribution in [2.45, 2.75) is 50.1 Å². The Morgan fingerprint density at radius 2 is 1.92 bits per heavy atom. The molecule has 0 aliphatic heterocycles. The number of hydrogen-bond donors (Lipinski definition) is 2. The summed E-state index contributed by atoms with van der Waals surface area (Å²) >= 11 is 1.16. The zero-order valence-corrected chi connectivity index (χ0v) is 15.1. The highest BCUT2D eigenvalue weighted by molar-refractivity contribution is 8.00. The lowest BCUT2D eigenvalue weighted by molar-refractivity contribution is -0.117. The first-order valence-electron chi connectivity index (χ1n) is 7.57. The molecule has 0 bridgehead atoms. The SMILES string of the molecule is C[C@@H](Sc1nnc(COc2ccc(C(C)(C)C)cc2)n1N)C(N)=O. The largest absolute Gasteiger partial charge is 0.486 e. The molecule has 1 atom stereocenters. The van der Waals surface area contributed by atoms with Gasteiger partial charge in [-0.05, 0) is 30.0 Å². The van der Waals surface area contributed by atoms with Crippen LogP contribution in [0.3, 0.4) is 0 Å². The van der Waals surface area contributed by atoms with Crippen molar-refractivity contribution in [1.29, 1.82) is 0 Å². The van der Waals surface area contributed by atoms with Crippen LogP contribution in [0.5, 0.6) is 5.75 Å². The number of hydrogen-bond acceptors (Lipinski definition) is 6. The molecule has 0 radical (unpaired) electrons. The molecule has 1 amide bonds. The monoisotopic (exact) mass is 349 g/mol. The number of nitrogens with two attached hydrogens (primary N) is 2. The van der Waals surface area contributed by atoms with Crippen LogP contribution in [0.15, 0.2) is 29.4 Å². The van der Waals surface area contributed by atoms with Crippen LogP contribution in [0, 0.1) is 0 Å². The number of nitrogen functional groups attached to an aromatic ring is 1. The summed E-state index contributed by atoms with van der Waals surface area (Å²) in [6.45, 7) is 8.35. The van der Waals surface area contributed by atoms with E-state index in [1.165, 1.54) is 10.2 Å². The van der Waals surface area contributed by atoms with E-state index in [1.807, 2.05) is 24.3 Å². The van der Waals surface area contributed by atoms with Gasteiger partial charge in [0, 0.05) is 0 Å². The normalized spacial score (nSPS) is 12.8. The van der Waals surface area contributed by atoms with Gasteiger partial charge in [0.2, 0.25) is 11.1 Å². The third-order valence-electron chi connectivity index (χ3n) is 3.51. The molecule has 0 unspecified atom stereocenters. The number of ether oxygens (including phenoxy) is 1. The van der Waals surface area contributed by atoms with Gasteiger partial charge in [0.15, 0.2) is 5.82 Å². The van der Waals surface area contributed by atoms with E-state index in [9.17, 15) is 4.79 Å². The number of primary amides is 1. The Labute approximate surface area is 145 Å². The Bertz CT molecular complexity index is 706. The van der Waals surface area contributed by atoms with Crippen molar-refractivity contribution in [3.8, 4) is 5.75 Å². The van der Waals surface area contributed by atoms with E-state index in [4.69, 9.17) is 16.3 Å². The quantitative estimate of drug-likeness (QED) is 0.608. The van der Waals surface area contributed by atoms with E-state index in [1.54, 1.807) is 6.92 Å². The molecule has 0 spiro atoms. The van der Waals surface area contributed by atoms with Gasteiger partial charge in [-0.15, -0.1) is 10.2 Å². The molecule has 1 heterocycles. The van der Waals surface area contributed by atoms with Crippen LogP contribution in [0.2, 0.25) is 0 Å². The van der Waals surface area contributed by atoms with Crippen LogP contribution in [0.25, 0.3) is 0 Å². The lowest BCUT2D eigenvalue weighted by Gasteiger charge is -2.19. The third kappa shape index (κ3) is 4.41. The first kappa shape index (κ1) is 18.1. The van der Waals surface area contributed by atoms with E-state index in [0.717, 1.165) is 17.5 Å². The van der Waals surface area contributed by atoms with Crippen molar-refractivity contribution in [2.75, 3.05) is 5.84 Å². The maximum absolute atomic E-state index is 11.1. The van der Waals surface area contributed by atoms with Gasteiger partial charge < -0.3 is 16.3 Å². The molecule has 0 fully saturated rings. The summed E-state index contributed by atoms with van der Waals surface area (Å²) < 4.78 is 7.02. The van der Waals surface area contributed by atoms with Crippen molar-refractivity contribution in [1.82, 2.24) is 14.9 Å².